The minimum Gasteiger partial charge on any atom is -0.437 e. The van der Waals surface area contributed by atoms with Crippen molar-refractivity contribution in [2.24, 2.45) is 0 Å². The molecule has 0 aliphatic rings. The molecule has 3 rings (SSSR count). The Kier molecular flexibility index (Phi) is 6.00. The number of nitrogens with one attached hydrogen (secondary N) is 2. The average molecular weight is 385 g/mol. The highest BCUT2D eigenvalue weighted by Crippen LogP contribution is 2.15. The zero-order chi connectivity index (χ0) is 19.1. The van der Waals surface area contributed by atoms with Crippen molar-refractivity contribution < 1.29 is 17.6 Å². The number of sulfonamides is 1. The highest BCUT2D eigenvalue weighted by atomic mass is 32.2. The second-order valence-electron chi connectivity index (χ2n) is 5.77. The molecule has 0 radical (unpaired) electrons. The van der Waals surface area contributed by atoms with E-state index in [1.54, 1.807) is 6.07 Å². The van der Waals surface area contributed by atoms with Crippen molar-refractivity contribution in [1.82, 2.24) is 15.0 Å². The monoisotopic (exact) mass is 385 g/mol. The second kappa shape index (κ2) is 8.61. The Labute approximate surface area is 157 Å². The molecule has 1 heterocycles. The van der Waals surface area contributed by atoms with Gasteiger partial charge in [0.15, 0.2) is 5.58 Å². The summed E-state index contributed by atoms with van der Waals surface area (Å²) in [5.74, 6) is -0.318. The van der Waals surface area contributed by atoms with Gasteiger partial charge in [0, 0.05) is 25.2 Å². The van der Waals surface area contributed by atoms with Crippen LogP contribution >= 0.6 is 0 Å². The molecule has 27 heavy (non-hydrogen) atoms. The van der Waals surface area contributed by atoms with Gasteiger partial charge in [-0.05, 0) is 17.7 Å². The molecular weight excluding hydrogens is 366 g/mol. The molecule has 2 N–H and O–H groups in total. The molecule has 2 aromatic carbocycles. The van der Waals surface area contributed by atoms with Crippen LogP contribution < -0.4 is 10.0 Å². The molecular formula is C19H19N3O4S. The number of aromatic nitrogens is 1. The minimum atomic E-state index is -3.48. The number of carbonyl (C=O) groups is 1. The summed E-state index contributed by atoms with van der Waals surface area (Å²) >= 11 is 0. The van der Waals surface area contributed by atoms with Gasteiger partial charge < -0.3 is 9.73 Å². The summed E-state index contributed by atoms with van der Waals surface area (Å²) in [5, 5.41) is 2.53. The molecule has 8 heteroatoms. The van der Waals surface area contributed by atoms with Gasteiger partial charge in [0.05, 0.1) is 5.75 Å². The lowest BCUT2D eigenvalue weighted by Crippen LogP contribution is -2.33. The standard InChI is InChI=1S/C19H19N3O4S/c23-18(10-11-19-22-16-8-4-5-9-17(16)26-19)20-12-13-27(24,25)21-14-15-6-2-1-3-7-15/h1-11,21H,12-14H2,(H,20,23)/b11-10+. The maximum atomic E-state index is 12.0. The number of hydrogen-bond donors (Lipinski definition) is 2. The molecule has 140 valence electrons. The van der Waals surface area contributed by atoms with Gasteiger partial charge >= 0.3 is 0 Å². The second-order valence-corrected chi connectivity index (χ2v) is 7.70. The summed E-state index contributed by atoms with van der Waals surface area (Å²) in [7, 11) is -3.48. The predicted octanol–water partition coefficient (Wildman–Crippen LogP) is 2.08. The Morgan fingerprint density at radius 1 is 1.07 bits per heavy atom. The largest absolute Gasteiger partial charge is 0.437 e. The first-order chi connectivity index (χ1) is 13.0. The van der Waals surface area contributed by atoms with Crippen molar-refractivity contribution in [3.63, 3.8) is 0 Å². The summed E-state index contributed by atoms with van der Waals surface area (Å²) in [5.41, 5.74) is 2.20. The number of benzene rings is 2. The van der Waals surface area contributed by atoms with Gasteiger partial charge in [0.2, 0.25) is 21.8 Å². The predicted molar refractivity (Wildman–Crippen MR) is 103 cm³/mol. The summed E-state index contributed by atoms with van der Waals surface area (Å²) in [6, 6.07) is 16.5. The van der Waals surface area contributed by atoms with Crippen molar-refractivity contribution in [3.05, 3.63) is 72.1 Å². The number of fused-ring (bicyclic) bond motifs is 1. The molecule has 0 saturated carbocycles. The van der Waals surface area contributed by atoms with Crippen LogP contribution in [0.1, 0.15) is 11.5 Å². The number of rotatable bonds is 8. The number of hydrogen-bond acceptors (Lipinski definition) is 5. The molecule has 0 aliphatic heterocycles. The Morgan fingerprint density at radius 3 is 2.59 bits per heavy atom. The van der Waals surface area contributed by atoms with Crippen LogP contribution in [-0.2, 0) is 21.4 Å². The number of para-hydroxylation sites is 2. The highest BCUT2D eigenvalue weighted by molar-refractivity contribution is 7.89. The first kappa shape index (κ1) is 18.8. The number of amides is 1. The molecule has 0 saturated heterocycles. The third kappa shape index (κ3) is 5.77. The number of nitrogens with zero attached hydrogens (tertiary/aromatic N) is 1. The third-order valence-electron chi connectivity index (χ3n) is 3.70. The van der Waals surface area contributed by atoms with Crippen molar-refractivity contribution in [3.8, 4) is 0 Å². The van der Waals surface area contributed by atoms with Crippen molar-refractivity contribution in [2.45, 2.75) is 6.54 Å². The summed E-state index contributed by atoms with van der Waals surface area (Å²) < 4.78 is 31.9. The number of carbonyl (C=O) groups excluding carboxylic acids is 1. The lowest BCUT2D eigenvalue weighted by atomic mass is 10.2. The van der Waals surface area contributed by atoms with Gasteiger partial charge in [-0.3, -0.25) is 4.79 Å². The SMILES string of the molecule is O=C(/C=C/c1nc2ccccc2o1)NCCS(=O)(=O)NCc1ccccc1. The van der Waals surface area contributed by atoms with Gasteiger partial charge in [-0.2, -0.15) is 0 Å². The van der Waals surface area contributed by atoms with Crippen LogP contribution in [0, 0.1) is 0 Å². The molecule has 1 aromatic heterocycles. The number of oxazole rings is 1. The topological polar surface area (TPSA) is 101 Å². The first-order valence-electron chi connectivity index (χ1n) is 8.35. The molecule has 0 fully saturated rings. The molecule has 0 atom stereocenters. The molecule has 0 unspecified atom stereocenters. The molecule has 7 nitrogen and oxygen atoms in total. The lowest BCUT2D eigenvalue weighted by Gasteiger charge is -2.07. The lowest BCUT2D eigenvalue weighted by molar-refractivity contribution is -0.116. The van der Waals surface area contributed by atoms with E-state index in [0.717, 1.165) is 5.56 Å². The van der Waals surface area contributed by atoms with Crippen LogP contribution in [0.25, 0.3) is 17.2 Å². The van der Waals surface area contributed by atoms with Gasteiger partial charge in [0.1, 0.15) is 5.52 Å². The van der Waals surface area contributed by atoms with Crippen LogP contribution in [0.3, 0.4) is 0 Å². The fourth-order valence-corrected chi connectivity index (χ4v) is 3.24. The average Bonchev–Trinajstić information content (AvgIpc) is 3.09. The van der Waals surface area contributed by atoms with Crippen LogP contribution in [0.5, 0.6) is 0 Å². The van der Waals surface area contributed by atoms with E-state index in [-0.39, 0.29) is 18.8 Å². The Balaban J connectivity index is 1.44. The van der Waals surface area contributed by atoms with Crippen LogP contribution in [0.2, 0.25) is 0 Å². The summed E-state index contributed by atoms with van der Waals surface area (Å²) in [6.45, 7) is 0.218. The summed E-state index contributed by atoms with van der Waals surface area (Å²) in [4.78, 5) is 16.0. The Hall–Kier alpha value is -2.97. The van der Waals surface area contributed by atoms with Gasteiger partial charge in [0.25, 0.3) is 0 Å². The highest BCUT2D eigenvalue weighted by Gasteiger charge is 2.10. The Morgan fingerprint density at radius 2 is 1.81 bits per heavy atom. The van der Waals surface area contributed by atoms with E-state index in [1.807, 2.05) is 48.5 Å². The van der Waals surface area contributed by atoms with E-state index >= 15 is 0 Å². The molecule has 3 aromatic rings. The Bertz CT molecular complexity index is 1010. The van der Waals surface area contributed by atoms with E-state index in [1.165, 1.54) is 12.2 Å². The molecule has 1 amide bonds. The van der Waals surface area contributed by atoms with E-state index in [4.69, 9.17) is 4.42 Å². The van der Waals surface area contributed by atoms with Gasteiger partial charge in [-0.25, -0.2) is 18.1 Å². The minimum absolute atomic E-state index is 0.000848. The zero-order valence-electron chi connectivity index (χ0n) is 14.5. The molecule has 0 aliphatic carbocycles. The third-order valence-corrected chi connectivity index (χ3v) is 5.02. The van der Waals surface area contributed by atoms with E-state index in [2.05, 4.69) is 15.0 Å². The van der Waals surface area contributed by atoms with Crippen molar-refractivity contribution in [1.29, 1.82) is 0 Å². The van der Waals surface area contributed by atoms with E-state index < -0.39 is 15.9 Å². The molecule has 0 spiro atoms. The normalized spacial score (nSPS) is 11.9. The van der Waals surface area contributed by atoms with Gasteiger partial charge in [-0.15, -0.1) is 0 Å². The van der Waals surface area contributed by atoms with E-state index in [9.17, 15) is 13.2 Å². The van der Waals surface area contributed by atoms with Crippen molar-refractivity contribution >= 4 is 33.1 Å². The maximum Gasteiger partial charge on any atom is 0.244 e. The van der Waals surface area contributed by atoms with Crippen LogP contribution in [0.15, 0.2) is 65.1 Å². The van der Waals surface area contributed by atoms with Crippen LogP contribution in [-0.4, -0.2) is 31.6 Å². The van der Waals surface area contributed by atoms with Crippen LogP contribution in [0.4, 0.5) is 0 Å². The zero-order valence-corrected chi connectivity index (χ0v) is 15.3. The fraction of sp³-hybridized carbons (Fsp3) is 0.158. The van der Waals surface area contributed by atoms with E-state index in [0.29, 0.717) is 17.0 Å². The fourth-order valence-electron chi connectivity index (χ4n) is 2.34. The van der Waals surface area contributed by atoms with Gasteiger partial charge in [-0.1, -0.05) is 42.5 Å². The first-order valence-corrected chi connectivity index (χ1v) is 10.00. The smallest absolute Gasteiger partial charge is 0.244 e. The van der Waals surface area contributed by atoms with Crippen molar-refractivity contribution in [2.75, 3.05) is 12.3 Å². The maximum absolute atomic E-state index is 12.0. The molecule has 0 bridgehead atoms. The quantitative estimate of drug-likeness (QED) is 0.578. The summed E-state index contributed by atoms with van der Waals surface area (Å²) in [6.07, 6.45) is 2.70.